The second-order valence-electron chi connectivity index (χ2n) is 1.38. The third-order valence-corrected chi connectivity index (χ3v) is 0.383. The predicted molar refractivity (Wildman–Crippen MR) is 42.8 cm³/mol. The molecule has 0 saturated heterocycles. The van der Waals surface area contributed by atoms with Gasteiger partial charge in [0.15, 0.2) is 0 Å². The van der Waals surface area contributed by atoms with Crippen LogP contribution < -0.4 is 0 Å². The number of carbonyl (C=O) groups is 1. The zero-order valence-electron chi connectivity index (χ0n) is 6.08. The molecule has 0 radical (unpaired) electrons. The van der Waals surface area contributed by atoms with Crippen LogP contribution in [0, 0.1) is 0 Å². The summed E-state index contributed by atoms with van der Waals surface area (Å²) in [7, 11) is 0. The van der Waals surface area contributed by atoms with Crippen molar-refractivity contribution < 1.29 is 9.90 Å². The number of allylic oxidation sites excluding steroid dienone is 4. The number of aliphatic carboxylic acids is 1. The number of hydrogen-bond acceptors (Lipinski definition) is 1. The SMILES string of the molecule is C=CC=CC=C.CC(=O)O. The summed E-state index contributed by atoms with van der Waals surface area (Å²) in [6.07, 6.45) is 7.07. The topological polar surface area (TPSA) is 37.3 Å². The number of carboxylic acids is 1. The first-order valence-electron chi connectivity index (χ1n) is 2.74. The van der Waals surface area contributed by atoms with Gasteiger partial charge in [-0.15, -0.1) is 0 Å². The Labute approximate surface area is 61.2 Å². The molecular formula is C8H12O2. The standard InChI is InChI=1S/C6H8.C2H4O2/c1-3-5-6-4-2;1-2(3)4/h3-6H,1-2H2;1H3,(H,3,4). The fourth-order valence-corrected chi connectivity index (χ4v) is 0.157. The highest BCUT2D eigenvalue weighted by Crippen LogP contribution is 1.69. The molecule has 2 nitrogen and oxygen atoms in total. The van der Waals surface area contributed by atoms with E-state index in [1.165, 1.54) is 0 Å². The van der Waals surface area contributed by atoms with Gasteiger partial charge >= 0.3 is 0 Å². The van der Waals surface area contributed by atoms with Gasteiger partial charge in [-0.25, -0.2) is 0 Å². The highest BCUT2D eigenvalue weighted by molar-refractivity contribution is 5.62. The van der Waals surface area contributed by atoms with Crippen LogP contribution in [-0.4, -0.2) is 11.1 Å². The second kappa shape index (κ2) is 10.6. The molecule has 0 atom stereocenters. The summed E-state index contributed by atoms with van der Waals surface area (Å²) in [6.45, 7) is 8.01. The molecule has 10 heavy (non-hydrogen) atoms. The predicted octanol–water partition coefficient (Wildman–Crippen LogP) is 2.01. The molecule has 0 spiro atoms. The van der Waals surface area contributed by atoms with Crippen LogP contribution in [0.2, 0.25) is 0 Å². The lowest BCUT2D eigenvalue weighted by Gasteiger charge is -1.60. The van der Waals surface area contributed by atoms with E-state index in [0.717, 1.165) is 6.92 Å². The molecule has 0 fully saturated rings. The molecule has 0 saturated carbocycles. The number of carboxylic acid groups (broad SMARTS) is 1. The van der Waals surface area contributed by atoms with Crippen LogP contribution in [0.3, 0.4) is 0 Å². The molecule has 0 aromatic heterocycles. The van der Waals surface area contributed by atoms with E-state index in [9.17, 15) is 0 Å². The summed E-state index contributed by atoms with van der Waals surface area (Å²) in [5.74, 6) is -0.833. The van der Waals surface area contributed by atoms with Crippen molar-refractivity contribution in [2.45, 2.75) is 6.92 Å². The zero-order chi connectivity index (χ0) is 8.41. The van der Waals surface area contributed by atoms with E-state index >= 15 is 0 Å². The Kier molecular flexibility index (Phi) is 12.2. The summed E-state index contributed by atoms with van der Waals surface area (Å²) in [5, 5.41) is 7.42. The van der Waals surface area contributed by atoms with Gasteiger partial charge in [0, 0.05) is 6.92 Å². The van der Waals surface area contributed by atoms with Crippen LogP contribution in [0.5, 0.6) is 0 Å². The molecule has 0 aliphatic rings. The average molecular weight is 140 g/mol. The van der Waals surface area contributed by atoms with E-state index in [2.05, 4.69) is 13.2 Å². The van der Waals surface area contributed by atoms with Crippen LogP contribution in [0.4, 0.5) is 0 Å². The Morgan fingerprint density at radius 3 is 1.60 bits per heavy atom. The monoisotopic (exact) mass is 140 g/mol. The van der Waals surface area contributed by atoms with E-state index < -0.39 is 5.97 Å². The minimum atomic E-state index is -0.833. The average Bonchev–Trinajstić information content (AvgIpc) is 1.82. The summed E-state index contributed by atoms with van der Waals surface area (Å²) in [5.41, 5.74) is 0. The van der Waals surface area contributed by atoms with Gasteiger partial charge in [0.05, 0.1) is 0 Å². The van der Waals surface area contributed by atoms with Gasteiger partial charge in [-0.1, -0.05) is 37.5 Å². The molecule has 0 bridgehead atoms. The molecule has 0 aromatic carbocycles. The van der Waals surface area contributed by atoms with Crippen molar-refractivity contribution in [1.82, 2.24) is 0 Å². The van der Waals surface area contributed by atoms with Gasteiger partial charge in [-0.2, -0.15) is 0 Å². The summed E-state index contributed by atoms with van der Waals surface area (Å²) in [4.78, 5) is 9.00. The smallest absolute Gasteiger partial charge is 0.300 e. The molecule has 56 valence electrons. The van der Waals surface area contributed by atoms with E-state index in [1.807, 2.05) is 12.2 Å². The van der Waals surface area contributed by atoms with Gasteiger partial charge in [0.1, 0.15) is 0 Å². The van der Waals surface area contributed by atoms with Gasteiger partial charge in [-0.05, 0) is 0 Å². The van der Waals surface area contributed by atoms with Crippen LogP contribution in [-0.2, 0) is 4.79 Å². The Morgan fingerprint density at radius 2 is 1.50 bits per heavy atom. The zero-order valence-corrected chi connectivity index (χ0v) is 6.08. The molecular weight excluding hydrogens is 128 g/mol. The van der Waals surface area contributed by atoms with Gasteiger partial charge in [0.2, 0.25) is 0 Å². The van der Waals surface area contributed by atoms with Crippen LogP contribution in [0.15, 0.2) is 37.5 Å². The van der Waals surface area contributed by atoms with Crippen LogP contribution in [0.1, 0.15) is 6.92 Å². The van der Waals surface area contributed by atoms with Crippen molar-refractivity contribution in [1.29, 1.82) is 0 Å². The van der Waals surface area contributed by atoms with Crippen molar-refractivity contribution >= 4 is 5.97 Å². The molecule has 0 aliphatic carbocycles. The highest BCUT2D eigenvalue weighted by atomic mass is 16.4. The Bertz CT molecular complexity index is 120. The lowest BCUT2D eigenvalue weighted by atomic mass is 10.5. The van der Waals surface area contributed by atoms with Crippen LogP contribution in [0.25, 0.3) is 0 Å². The third-order valence-electron chi connectivity index (χ3n) is 0.383. The highest BCUT2D eigenvalue weighted by Gasteiger charge is 1.65. The Hall–Kier alpha value is -1.31. The minimum Gasteiger partial charge on any atom is -0.481 e. The number of rotatable bonds is 2. The van der Waals surface area contributed by atoms with Crippen molar-refractivity contribution in [2.75, 3.05) is 0 Å². The summed E-state index contributed by atoms with van der Waals surface area (Å²) < 4.78 is 0. The molecule has 0 rings (SSSR count). The molecule has 2 heteroatoms. The van der Waals surface area contributed by atoms with Gasteiger partial charge in [-0.3, -0.25) is 4.79 Å². The molecule has 0 aliphatic heterocycles. The maximum Gasteiger partial charge on any atom is 0.300 e. The van der Waals surface area contributed by atoms with Gasteiger partial charge < -0.3 is 5.11 Å². The quantitative estimate of drug-likeness (QED) is 0.595. The fourth-order valence-electron chi connectivity index (χ4n) is 0.157. The maximum absolute atomic E-state index is 9.00. The largest absolute Gasteiger partial charge is 0.481 e. The van der Waals surface area contributed by atoms with Crippen molar-refractivity contribution in [3.8, 4) is 0 Å². The van der Waals surface area contributed by atoms with Gasteiger partial charge in [0.25, 0.3) is 5.97 Å². The normalized spacial score (nSPS) is 7.70. The second-order valence-corrected chi connectivity index (χ2v) is 1.38. The first kappa shape index (κ1) is 11.5. The van der Waals surface area contributed by atoms with E-state index in [1.54, 1.807) is 12.2 Å². The number of hydrogen-bond donors (Lipinski definition) is 1. The lowest BCUT2D eigenvalue weighted by molar-refractivity contribution is -0.134. The first-order chi connectivity index (χ1) is 4.65. The third kappa shape index (κ3) is 75.8. The van der Waals surface area contributed by atoms with E-state index in [4.69, 9.17) is 9.90 Å². The van der Waals surface area contributed by atoms with Crippen LogP contribution >= 0.6 is 0 Å². The maximum atomic E-state index is 9.00. The molecule has 0 heterocycles. The Balaban J connectivity index is 0. The van der Waals surface area contributed by atoms with E-state index in [-0.39, 0.29) is 0 Å². The van der Waals surface area contributed by atoms with Crippen molar-refractivity contribution in [3.63, 3.8) is 0 Å². The Morgan fingerprint density at radius 1 is 1.30 bits per heavy atom. The molecule has 0 unspecified atom stereocenters. The lowest BCUT2D eigenvalue weighted by Crippen LogP contribution is -1.78. The van der Waals surface area contributed by atoms with Crippen molar-refractivity contribution in [3.05, 3.63) is 37.5 Å². The van der Waals surface area contributed by atoms with E-state index in [0.29, 0.717) is 0 Å². The molecule has 0 aromatic rings. The fraction of sp³-hybridized carbons (Fsp3) is 0.125. The molecule has 0 amide bonds. The minimum absolute atomic E-state index is 0.833. The summed E-state index contributed by atoms with van der Waals surface area (Å²) in [6, 6.07) is 0. The van der Waals surface area contributed by atoms with Crippen molar-refractivity contribution in [2.24, 2.45) is 0 Å². The first-order valence-corrected chi connectivity index (χ1v) is 2.74. The molecule has 1 N–H and O–H groups in total. The summed E-state index contributed by atoms with van der Waals surface area (Å²) >= 11 is 0.